The van der Waals surface area contributed by atoms with Crippen LogP contribution in [0.25, 0.3) is 11.0 Å². The molecule has 0 aliphatic rings. The van der Waals surface area contributed by atoms with E-state index in [-0.39, 0.29) is 5.76 Å². The fourth-order valence-corrected chi connectivity index (χ4v) is 1.93. The van der Waals surface area contributed by atoms with Crippen LogP contribution in [0.4, 0.5) is 0 Å². The van der Waals surface area contributed by atoms with Gasteiger partial charge in [0.2, 0.25) is 5.76 Å². The molecule has 0 radical (unpaired) electrons. The zero-order valence-corrected chi connectivity index (χ0v) is 10.7. The van der Waals surface area contributed by atoms with Crippen molar-refractivity contribution in [3.63, 3.8) is 0 Å². The Morgan fingerprint density at radius 1 is 1.45 bits per heavy atom. The maximum Gasteiger partial charge on any atom is 0.371 e. The molecule has 0 amide bonds. The van der Waals surface area contributed by atoms with Gasteiger partial charge in [0.05, 0.1) is 12.4 Å². The molecule has 20 heavy (non-hydrogen) atoms. The summed E-state index contributed by atoms with van der Waals surface area (Å²) in [4.78, 5) is 10.8. The second-order valence-corrected chi connectivity index (χ2v) is 4.43. The number of aromatic nitrogens is 2. The lowest BCUT2D eigenvalue weighted by molar-refractivity contribution is 0.0665. The normalized spacial score (nSPS) is 10.8. The number of hydrogen-bond acceptors (Lipinski definition) is 4. The summed E-state index contributed by atoms with van der Waals surface area (Å²) < 4.78 is 12.4. The van der Waals surface area contributed by atoms with E-state index in [4.69, 9.17) is 14.3 Å². The minimum atomic E-state index is -1.07. The second-order valence-electron chi connectivity index (χ2n) is 4.43. The highest BCUT2D eigenvalue weighted by Crippen LogP contribution is 2.21. The van der Waals surface area contributed by atoms with Crippen LogP contribution in [-0.2, 0) is 13.7 Å². The minimum absolute atomic E-state index is 0.0645. The van der Waals surface area contributed by atoms with Crippen LogP contribution in [0.2, 0.25) is 0 Å². The Bertz CT molecular complexity index is 772. The molecule has 2 heterocycles. The number of carboxylic acids is 1. The topological polar surface area (TPSA) is 77.5 Å². The van der Waals surface area contributed by atoms with E-state index in [1.807, 2.05) is 19.2 Å². The van der Waals surface area contributed by atoms with Crippen molar-refractivity contribution in [3.8, 4) is 5.75 Å². The Labute approximate surface area is 114 Å². The lowest BCUT2D eigenvalue weighted by Gasteiger charge is -2.03. The SMILES string of the molecule is Cn1cc(OCc2ccc3oc(C(=O)O)cc3c2)cn1. The predicted octanol–water partition coefficient (Wildman–Crippen LogP) is 2.44. The highest BCUT2D eigenvalue weighted by atomic mass is 16.5. The molecule has 0 bridgehead atoms. The fraction of sp³-hybridized carbons (Fsp3) is 0.143. The number of nitrogens with zero attached hydrogens (tertiary/aromatic N) is 2. The van der Waals surface area contributed by atoms with Gasteiger partial charge in [-0.25, -0.2) is 4.79 Å². The van der Waals surface area contributed by atoms with Crippen LogP contribution in [0.3, 0.4) is 0 Å². The first kappa shape index (κ1) is 12.3. The van der Waals surface area contributed by atoms with E-state index in [9.17, 15) is 4.79 Å². The summed E-state index contributed by atoms with van der Waals surface area (Å²) in [6.45, 7) is 0.384. The summed E-state index contributed by atoms with van der Waals surface area (Å²) >= 11 is 0. The van der Waals surface area contributed by atoms with Crippen LogP contribution in [0.15, 0.2) is 41.1 Å². The zero-order chi connectivity index (χ0) is 14.1. The summed E-state index contributed by atoms with van der Waals surface area (Å²) in [5.41, 5.74) is 1.48. The van der Waals surface area contributed by atoms with Gasteiger partial charge in [-0.05, 0) is 23.8 Å². The Balaban J connectivity index is 1.80. The molecule has 1 aromatic carbocycles. The summed E-state index contributed by atoms with van der Waals surface area (Å²) in [5.74, 6) is -0.453. The molecule has 3 aromatic rings. The van der Waals surface area contributed by atoms with Gasteiger partial charge in [0.25, 0.3) is 0 Å². The molecular formula is C14H12N2O4. The largest absolute Gasteiger partial charge is 0.486 e. The van der Waals surface area contributed by atoms with Crippen molar-refractivity contribution in [2.24, 2.45) is 7.05 Å². The summed E-state index contributed by atoms with van der Waals surface area (Å²) in [6, 6.07) is 6.93. The number of rotatable bonds is 4. The molecule has 0 aliphatic carbocycles. The van der Waals surface area contributed by atoms with Gasteiger partial charge >= 0.3 is 5.97 Å². The van der Waals surface area contributed by atoms with E-state index >= 15 is 0 Å². The second kappa shape index (κ2) is 4.73. The molecule has 6 nitrogen and oxygen atoms in total. The summed E-state index contributed by atoms with van der Waals surface area (Å²) in [5, 5.41) is 13.6. The molecule has 0 aliphatic heterocycles. The van der Waals surface area contributed by atoms with Crippen LogP contribution >= 0.6 is 0 Å². The van der Waals surface area contributed by atoms with Crippen LogP contribution < -0.4 is 4.74 Å². The number of hydrogen-bond donors (Lipinski definition) is 1. The van der Waals surface area contributed by atoms with E-state index in [1.54, 1.807) is 23.1 Å². The van der Waals surface area contributed by atoms with Crippen molar-refractivity contribution in [2.75, 3.05) is 0 Å². The van der Waals surface area contributed by atoms with Gasteiger partial charge in [-0.15, -0.1) is 0 Å². The molecule has 3 rings (SSSR count). The summed E-state index contributed by atoms with van der Waals surface area (Å²) in [6.07, 6.45) is 3.41. The molecule has 0 atom stereocenters. The van der Waals surface area contributed by atoms with Crippen LogP contribution in [0.1, 0.15) is 16.1 Å². The standard InChI is InChI=1S/C14H12N2O4/c1-16-7-11(6-15-16)19-8-9-2-3-12-10(4-9)5-13(20-12)14(17)18/h2-7H,8H2,1H3,(H,17,18). The molecule has 2 aromatic heterocycles. The maximum atomic E-state index is 10.8. The van der Waals surface area contributed by atoms with Crippen molar-refractivity contribution in [1.29, 1.82) is 0 Å². The Hall–Kier alpha value is -2.76. The lowest BCUT2D eigenvalue weighted by atomic mass is 10.2. The summed E-state index contributed by atoms with van der Waals surface area (Å²) in [7, 11) is 1.82. The van der Waals surface area contributed by atoms with Gasteiger partial charge in [-0.2, -0.15) is 5.10 Å². The van der Waals surface area contributed by atoms with E-state index in [0.717, 1.165) is 10.9 Å². The average molecular weight is 272 g/mol. The molecule has 0 unspecified atom stereocenters. The van der Waals surface area contributed by atoms with Crippen molar-refractivity contribution in [3.05, 3.63) is 48.0 Å². The average Bonchev–Trinajstić information content (AvgIpc) is 3.01. The maximum absolute atomic E-state index is 10.8. The van der Waals surface area contributed by atoms with E-state index in [2.05, 4.69) is 5.10 Å². The van der Waals surface area contributed by atoms with Crippen LogP contribution in [0, 0.1) is 0 Å². The number of carboxylic acid groups (broad SMARTS) is 1. The van der Waals surface area contributed by atoms with Gasteiger partial charge in [0.1, 0.15) is 12.2 Å². The zero-order valence-electron chi connectivity index (χ0n) is 10.7. The molecule has 6 heteroatoms. The number of aryl methyl sites for hydroxylation is 1. The molecule has 0 saturated heterocycles. The minimum Gasteiger partial charge on any atom is -0.486 e. The first-order valence-electron chi connectivity index (χ1n) is 5.99. The van der Waals surface area contributed by atoms with Gasteiger partial charge in [0.15, 0.2) is 5.75 Å². The van der Waals surface area contributed by atoms with E-state index in [1.165, 1.54) is 6.07 Å². The molecular weight excluding hydrogens is 260 g/mol. The van der Waals surface area contributed by atoms with Crippen LogP contribution in [-0.4, -0.2) is 20.9 Å². The van der Waals surface area contributed by atoms with E-state index < -0.39 is 5.97 Å². The Morgan fingerprint density at radius 2 is 2.30 bits per heavy atom. The smallest absolute Gasteiger partial charge is 0.371 e. The molecule has 0 spiro atoms. The quantitative estimate of drug-likeness (QED) is 0.789. The number of aromatic carboxylic acids is 1. The monoisotopic (exact) mass is 272 g/mol. The van der Waals surface area contributed by atoms with Crippen molar-refractivity contribution < 1.29 is 19.1 Å². The van der Waals surface area contributed by atoms with E-state index in [0.29, 0.717) is 17.9 Å². The molecule has 0 saturated carbocycles. The van der Waals surface area contributed by atoms with Crippen molar-refractivity contribution in [1.82, 2.24) is 9.78 Å². The molecule has 1 N–H and O–H groups in total. The Morgan fingerprint density at radius 3 is 3.00 bits per heavy atom. The third kappa shape index (κ3) is 2.35. The van der Waals surface area contributed by atoms with Crippen molar-refractivity contribution >= 4 is 16.9 Å². The predicted molar refractivity (Wildman–Crippen MR) is 70.7 cm³/mol. The molecule has 0 fully saturated rings. The number of carbonyl (C=O) groups is 1. The van der Waals surface area contributed by atoms with Crippen molar-refractivity contribution in [2.45, 2.75) is 6.61 Å². The highest BCUT2D eigenvalue weighted by molar-refractivity contribution is 5.91. The van der Waals surface area contributed by atoms with Gasteiger partial charge in [0, 0.05) is 12.4 Å². The third-order valence-corrected chi connectivity index (χ3v) is 2.88. The van der Waals surface area contributed by atoms with Gasteiger partial charge < -0.3 is 14.3 Å². The number of furan rings is 1. The third-order valence-electron chi connectivity index (χ3n) is 2.88. The molecule has 102 valence electrons. The van der Waals surface area contributed by atoms with Crippen LogP contribution in [0.5, 0.6) is 5.75 Å². The lowest BCUT2D eigenvalue weighted by Crippen LogP contribution is -1.94. The first-order chi connectivity index (χ1) is 9.61. The number of ether oxygens (including phenoxy) is 1. The highest BCUT2D eigenvalue weighted by Gasteiger charge is 2.10. The fourth-order valence-electron chi connectivity index (χ4n) is 1.93. The van der Waals surface area contributed by atoms with Gasteiger partial charge in [-0.3, -0.25) is 4.68 Å². The Kier molecular flexibility index (Phi) is 2.90. The van der Waals surface area contributed by atoms with Gasteiger partial charge in [-0.1, -0.05) is 6.07 Å². The number of fused-ring (bicyclic) bond motifs is 1. The number of benzene rings is 1. The first-order valence-corrected chi connectivity index (χ1v) is 5.99.